The maximum atomic E-state index is 14.7. The molecule has 0 spiro atoms. The lowest BCUT2D eigenvalue weighted by atomic mass is 10.1. The molecule has 1 aromatic carbocycles. The molecule has 1 fully saturated rings. The number of hydrogen-bond acceptors (Lipinski definition) is 9. The number of primary sulfonamides is 1. The number of anilines is 1. The van der Waals surface area contributed by atoms with Gasteiger partial charge in [-0.25, -0.2) is 27.3 Å². The zero-order chi connectivity index (χ0) is 25.6. The summed E-state index contributed by atoms with van der Waals surface area (Å²) in [6.45, 7) is 5.30. The smallest absolute Gasteiger partial charge is 0.324 e. The molecule has 4 heterocycles. The number of nitrogens with zero attached hydrogens (tertiary/aromatic N) is 6. The van der Waals surface area contributed by atoms with E-state index >= 15 is 0 Å². The van der Waals surface area contributed by atoms with Crippen LogP contribution in [0.1, 0.15) is 38.4 Å². The highest BCUT2D eigenvalue weighted by Gasteiger charge is 2.26. The monoisotopic (exact) mass is 519 g/mol. The number of rotatable bonds is 6. The van der Waals surface area contributed by atoms with Crippen LogP contribution in [0.2, 0.25) is 0 Å². The Morgan fingerprint density at radius 3 is 2.58 bits per heavy atom. The predicted molar refractivity (Wildman–Crippen MR) is 124 cm³/mol. The van der Waals surface area contributed by atoms with E-state index in [1.165, 1.54) is 16.9 Å². The Kier molecular flexibility index (Phi) is 6.08. The SMILES string of the molecule is CC(C)c1noc(N2CCC(Oc3ccnc4c(-c5cc(F)c(S(N)(=O)=O)cc5F)cnn34)CC2)n1. The van der Waals surface area contributed by atoms with Crippen LogP contribution in [-0.2, 0) is 10.0 Å². The van der Waals surface area contributed by atoms with E-state index in [1.807, 2.05) is 18.7 Å². The van der Waals surface area contributed by atoms with Crippen LogP contribution in [-0.4, -0.2) is 52.3 Å². The van der Waals surface area contributed by atoms with Gasteiger partial charge in [-0.3, -0.25) is 0 Å². The Morgan fingerprint density at radius 1 is 1.17 bits per heavy atom. The lowest BCUT2D eigenvalue weighted by Crippen LogP contribution is -2.38. The first-order valence-corrected chi connectivity index (χ1v) is 12.8. The molecular formula is C22H23F2N7O4S. The van der Waals surface area contributed by atoms with E-state index in [0.29, 0.717) is 49.7 Å². The lowest BCUT2D eigenvalue weighted by molar-refractivity contribution is 0.158. The summed E-state index contributed by atoms with van der Waals surface area (Å²) in [5, 5.41) is 13.2. The predicted octanol–water partition coefficient (Wildman–Crippen LogP) is 2.88. The number of piperidine rings is 1. The maximum Gasteiger partial charge on any atom is 0.324 e. The molecule has 0 saturated carbocycles. The van der Waals surface area contributed by atoms with Crippen molar-refractivity contribution < 1.29 is 26.5 Å². The molecule has 3 aromatic heterocycles. The van der Waals surface area contributed by atoms with Gasteiger partial charge >= 0.3 is 6.01 Å². The van der Waals surface area contributed by atoms with Gasteiger partial charge < -0.3 is 14.2 Å². The summed E-state index contributed by atoms with van der Waals surface area (Å²) in [6.07, 6.45) is 4.03. The van der Waals surface area contributed by atoms with E-state index in [-0.39, 0.29) is 28.8 Å². The van der Waals surface area contributed by atoms with Gasteiger partial charge in [0.05, 0.1) is 6.20 Å². The van der Waals surface area contributed by atoms with Crippen LogP contribution in [0, 0.1) is 11.6 Å². The van der Waals surface area contributed by atoms with Gasteiger partial charge in [-0.05, 0) is 12.1 Å². The molecule has 0 radical (unpaired) electrons. The molecule has 1 aliphatic heterocycles. The van der Waals surface area contributed by atoms with Gasteiger partial charge in [0.2, 0.25) is 15.9 Å². The first kappa shape index (κ1) is 24.1. The zero-order valence-electron chi connectivity index (χ0n) is 19.4. The molecule has 36 heavy (non-hydrogen) atoms. The average molecular weight is 520 g/mol. The molecule has 14 heteroatoms. The number of benzene rings is 1. The van der Waals surface area contributed by atoms with Crippen LogP contribution in [0.15, 0.2) is 40.0 Å². The maximum absolute atomic E-state index is 14.7. The average Bonchev–Trinajstić information content (AvgIpc) is 3.49. The normalized spacial score (nSPS) is 15.2. The van der Waals surface area contributed by atoms with Crippen molar-refractivity contribution in [2.75, 3.05) is 18.0 Å². The van der Waals surface area contributed by atoms with E-state index < -0.39 is 26.6 Å². The van der Waals surface area contributed by atoms with Crippen molar-refractivity contribution in [1.82, 2.24) is 24.7 Å². The number of fused-ring (bicyclic) bond motifs is 1. The Morgan fingerprint density at radius 2 is 1.92 bits per heavy atom. The lowest BCUT2D eigenvalue weighted by Gasteiger charge is -2.30. The number of hydrogen-bond donors (Lipinski definition) is 1. The molecule has 1 saturated heterocycles. The van der Waals surface area contributed by atoms with Gasteiger partial charge in [0.25, 0.3) is 0 Å². The highest BCUT2D eigenvalue weighted by molar-refractivity contribution is 7.89. The van der Waals surface area contributed by atoms with Gasteiger partial charge in [0.1, 0.15) is 22.6 Å². The Bertz CT molecular complexity index is 1530. The highest BCUT2D eigenvalue weighted by atomic mass is 32.2. The molecule has 1 aliphatic rings. The van der Waals surface area contributed by atoms with Crippen molar-refractivity contribution in [2.24, 2.45) is 5.14 Å². The summed E-state index contributed by atoms with van der Waals surface area (Å²) >= 11 is 0. The highest BCUT2D eigenvalue weighted by Crippen LogP contribution is 2.31. The van der Waals surface area contributed by atoms with Crippen LogP contribution in [0.4, 0.5) is 14.8 Å². The topological polar surface area (TPSA) is 142 Å². The second-order valence-corrected chi connectivity index (χ2v) is 10.3. The second-order valence-electron chi connectivity index (χ2n) is 8.78. The number of aromatic nitrogens is 5. The molecule has 5 rings (SSSR count). The molecule has 190 valence electrons. The van der Waals surface area contributed by atoms with Gasteiger partial charge in [-0.1, -0.05) is 19.0 Å². The van der Waals surface area contributed by atoms with Crippen molar-refractivity contribution in [3.05, 3.63) is 48.1 Å². The Labute approximate surface area is 204 Å². The number of sulfonamides is 1. The zero-order valence-corrected chi connectivity index (χ0v) is 20.2. The second kappa shape index (κ2) is 9.09. The molecule has 11 nitrogen and oxygen atoms in total. The van der Waals surface area contributed by atoms with Crippen molar-refractivity contribution in [3.63, 3.8) is 0 Å². The number of nitrogens with two attached hydrogens (primary N) is 1. The summed E-state index contributed by atoms with van der Waals surface area (Å²) in [7, 11) is -4.42. The number of halogens is 2. The molecule has 0 aliphatic carbocycles. The minimum Gasteiger partial charge on any atom is -0.474 e. The van der Waals surface area contributed by atoms with Crippen molar-refractivity contribution in [1.29, 1.82) is 0 Å². The Hall–Kier alpha value is -3.65. The van der Waals surface area contributed by atoms with Gasteiger partial charge in [-0.15, -0.1) is 0 Å². The fourth-order valence-corrected chi connectivity index (χ4v) is 4.63. The van der Waals surface area contributed by atoms with Gasteiger partial charge in [0, 0.05) is 55.2 Å². The molecule has 4 aromatic rings. The van der Waals surface area contributed by atoms with Gasteiger partial charge in [0.15, 0.2) is 11.5 Å². The van der Waals surface area contributed by atoms with Crippen molar-refractivity contribution >= 4 is 21.7 Å². The molecule has 0 amide bonds. The molecule has 2 N–H and O–H groups in total. The summed E-state index contributed by atoms with van der Waals surface area (Å²) in [5.74, 6) is -0.932. The van der Waals surface area contributed by atoms with Gasteiger partial charge in [-0.2, -0.15) is 14.6 Å². The van der Waals surface area contributed by atoms with Crippen LogP contribution < -0.4 is 14.8 Å². The molecule has 0 unspecified atom stereocenters. The summed E-state index contributed by atoms with van der Waals surface area (Å²) in [5.41, 5.74) is 0.192. The first-order chi connectivity index (χ1) is 17.1. The van der Waals surface area contributed by atoms with Crippen molar-refractivity contribution in [3.8, 4) is 17.0 Å². The van der Waals surface area contributed by atoms with E-state index in [4.69, 9.17) is 14.4 Å². The fraction of sp³-hybridized carbons (Fsp3) is 0.364. The summed E-state index contributed by atoms with van der Waals surface area (Å²) in [6, 6.07) is 3.43. The fourth-order valence-electron chi connectivity index (χ4n) is 4.03. The van der Waals surface area contributed by atoms with E-state index in [1.54, 1.807) is 6.07 Å². The van der Waals surface area contributed by atoms with Crippen LogP contribution in [0.3, 0.4) is 0 Å². The third-order valence-electron chi connectivity index (χ3n) is 5.93. The molecule has 0 bridgehead atoms. The third kappa shape index (κ3) is 4.48. The number of ether oxygens (including phenoxy) is 1. The standard InChI is InChI=1S/C22H23F2N7O4S/c1-12(2)20-28-22(35-29-20)30-7-4-13(5-8-30)34-19-3-6-26-21-15(11-27-31(19)21)14-9-17(24)18(10-16(14)23)36(25,32)33/h3,6,9-13H,4-5,7-8H2,1-2H3,(H2,25,32,33). The van der Waals surface area contributed by atoms with Crippen LogP contribution in [0.5, 0.6) is 5.88 Å². The van der Waals surface area contributed by atoms with Crippen LogP contribution >= 0.6 is 0 Å². The third-order valence-corrected chi connectivity index (χ3v) is 6.86. The van der Waals surface area contributed by atoms with E-state index in [9.17, 15) is 17.2 Å². The minimum absolute atomic E-state index is 0.129. The van der Waals surface area contributed by atoms with E-state index in [0.717, 1.165) is 6.07 Å². The first-order valence-electron chi connectivity index (χ1n) is 11.2. The largest absolute Gasteiger partial charge is 0.474 e. The minimum atomic E-state index is -4.42. The summed E-state index contributed by atoms with van der Waals surface area (Å²) in [4.78, 5) is 9.75. The van der Waals surface area contributed by atoms with Crippen LogP contribution in [0.25, 0.3) is 16.8 Å². The summed E-state index contributed by atoms with van der Waals surface area (Å²) < 4.78 is 65.0. The van der Waals surface area contributed by atoms with E-state index in [2.05, 4.69) is 20.2 Å². The van der Waals surface area contributed by atoms with Crippen molar-refractivity contribution in [2.45, 2.75) is 43.6 Å². The Balaban J connectivity index is 1.35. The molecular weight excluding hydrogens is 496 g/mol. The quantitative estimate of drug-likeness (QED) is 0.407. The molecule has 0 atom stereocenters.